The van der Waals surface area contributed by atoms with Crippen LogP contribution in [-0.2, 0) is 10.0 Å². The topological polar surface area (TPSA) is 101 Å². The van der Waals surface area contributed by atoms with Crippen molar-refractivity contribution >= 4 is 43.3 Å². The second-order valence-electron chi connectivity index (χ2n) is 7.93. The van der Waals surface area contributed by atoms with Gasteiger partial charge in [0.25, 0.3) is 5.91 Å². The fourth-order valence-electron chi connectivity index (χ4n) is 3.84. The molecule has 1 saturated heterocycles. The first-order valence-electron chi connectivity index (χ1n) is 10.7. The summed E-state index contributed by atoms with van der Waals surface area (Å²) in [6.07, 6.45) is 0. The minimum Gasteiger partial charge on any atom is -0.448 e. The maximum Gasteiger partial charge on any atom is 0.289 e. The van der Waals surface area contributed by atoms with Crippen LogP contribution in [0, 0.1) is 0 Å². The number of thiazole rings is 1. The van der Waals surface area contributed by atoms with E-state index in [1.807, 2.05) is 24.3 Å². The van der Waals surface area contributed by atoms with Crippen molar-refractivity contribution in [3.8, 4) is 10.8 Å². The maximum atomic E-state index is 13.0. The summed E-state index contributed by atoms with van der Waals surface area (Å²) in [7, 11) is -3.71. The number of Topliss-reactive ketones (excluding diaryl/α,β-unsaturated/α-hetero) is 1. The van der Waals surface area contributed by atoms with Gasteiger partial charge in [-0.25, -0.2) is 13.4 Å². The van der Waals surface area contributed by atoms with Crippen molar-refractivity contribution in [3.63, 3.8) is 0 Å². The lowest BCUT2D eigenvalue weighted by Crippen LogP contribution is -2.50. The number of hydrogen-bond acceptors (Lipinski definition) is 7. The molecule has 1 aliphatic heterocycles. The molecule has 174 valence electrons. The fraction of sp³-hybridized carbons (Fsp3) is 0.208. The Morgan fingerprint density at radius 2 is 1.65 bits per heavy atom. The zero-order valence-electron chi connectivity index (χ0n) is 18.3. The van der Waals surface area contributed by atoms with Gasteiger partial charge in [0.05, 0.1) is 15.1 Å². The van der Waals surface area contributed by atoms with E-state index >= 15 is 0 Å². The Morgan fingerprint density at radius 3 is 2.32 bits per heavy atom. The Kier molecular flexibility index (Phi) is 5.80. The van der Waals surface area contributed by atoms with E-state index < -0.39 is 10.0 Å². The van der Waals surface area contributed by atoms with Crippen molar-refractivity contribution < 1.29 is 22.4 Å². The maximum absolute atomic E-state index is 13.0. The number of carbonyl (C=O) groups excluding carboxylic acids is 2. The number of nitrogens with zero attached hydrogens (tertiary/aromatic N) is 3. The molecule has 0 radical (unpaired) electrons. The van der Waals surface area contributed by atoms with Crippen molar-refractivity contribution in [2.24, 2.45) is 0 Å². The normalized spacial score (nSPS) is 15.0. The van der Waals surface area contributed by atoms with Gasteiger partial charge in [-0.05, 0) is 43.3 Å². The van der Waals surface area contributed by atoms with E-state index in [0.29, 0.717) is 16.3 Å². The third-order valence-corrected chi connectivity index (χ3v) is 8.71. The highest BCUT2D eigenvalue weighted by Gasteiger charge is 2.31. The van der Waals surface area contributed by atoms with Crippen LogP contribution in [0.5, 0.6) is 0 Å². The lowest BCUT2D eigenvalue weighted by Gasteiger charge is -2.33. The molecule has 2 aromatic heterocycles. The van der Waals surface area contributed by atoms with Crippen LogP contribution in [0.4, 0.5) is 0 Å². The second-order valence-corrected chi connectivity index (χ2v) is 10.9. The summed E-state index contributed by atoms with van der Waals surface area (Å²) in [5.41, 5.74) is 1.33. The molecule has 8 nitrogen and oxygen atoms in total. The molecule has 0 N–H and O–H groups in total. The average Bonchev–Trinajstić information content (AvgIpc) is 3.51. The number of fused-ring (bicyclic) bond motifs is 1. The molecule has 34 heavy (non-hydrogen) atoms. The monoisotopic (exact) mass is 495 g/mol. The number of piperazine rings is 1. The largest absolute Gasteiger partial charge is 0.448 e. The van der Waals surface area contributed by atoms with E-state index in [4.69, 9.17) is 4.42 Å². The number of carbonyl (C=O) groups is 2. The predicted molar refractivity (Wildman–Crippen MR) is 128 cm³/mol. The SMILES string of the molecule is CC(=O)c1ccc(S(=O)(=O)N2CCN(C(=O)c3ccc(-c4nc5ccccc5s4)o3)CC2)cc1. The van der Waals surface area contributed by atoms with Gasteiger partial charge in [0.1, 0.15) is 0 Å². The van der Waals surface area contributed by atoms with E-state index in [9.17, 15) is 18.0 Å². The molecular formula is C24H21N3O5S2. The predicted octanol–water partition coefficient (Wildman–Crippen LogP) is 3.91. The van der Waals surface area contributed by atoms with E-state index in [-0.39, 0.29) is 48.5 Å². The fourth-order valence-corrected chi connectivity index (χ4v) is 6.19. The highest BCUT2D eigenvalue weighted by Crippen LogP contribution is 2.31. The quantitative estimate of drug-likeness (QED) is 0.389. The molecule has 0 saturated carbocycles. The smallest absolute Gasteiger partial charge is 0.289 e. The summed E-state index contributed by atoms with van der Waals surface area (Å²) < 4.78 is 34.1. The zero-order valence-corrected chi connectivity index (χ0v) is 19.9. The van der Waals surface area contributed by atoms with Gasteiger partial charge in [-0.1, -0.05) is 24.3 Å². The minimum atomic E-state index is -3.71. The molecule has 1 amide bonds. The van der Waals surface area contributed by atoms with Gasteiger partial charge < -0.3 is 9.32 Å². The number of aromatic nitrogens is 1. The van der Waals surface area contributed by atoms with E-state index in [2.05, 4.69) is 4.98 Å². The lowest BCUT2D eigenvalue weighted by molar-refractivity contribution is 0.0667. The number of ketones is 1. The first kappa shape index (κ1) is 22.5. The van der Waals surface area contributed by atoms with Gasteiger partial charge in [-0.3, -0.25) is 9.59 Å². The zero-order chi connectivity index (χ0) is 23.9. The first-order chi connectivity index (χ1) is 16.3. The molecule has 2 aromatic carbocycles. The Hall–Kier alpha value is -3.34. The highest BCUT2D eigenvalue weighted by atomic mass is 32.2. The molecule has 10 heteroatoms. The summed E-state index contributed by atoms with van der Waals surface area (Å²) in [6, 6.07) is 17.0. The second kappa shape index (κ2) is 8.79. The first-order valence-corrected chi connectivity index (χ1v) is 12.9. The summed E-state index contributed by atoms with van der Waals surface area (Å²) >= 11 is 1.49. The third kappa shape index (κ3) is 4.15. The van der Waals surface area contributed by atoms with Crippen LogP contribution in [-0.4, -0.2) is 60.5 Å². The Labute approximate surface area is 200 Å². The van der Waals surface area contributed by atoms with Crippen LogP contribution >= 0.6 is 11.3 Å². The van der Waals surface area contributed by atoms with Gasteiger partial charge >= 0.3 is 0 Å². The molecule has 1 fully saturated rings. The van der Waals surface area contributed by atoms with Crippen LogP contribution in [0.2, 0.25) is 0 Å². The number of sulfonamides is 1. The van der Waals surface area contributed by atoms with Gasteiger partial charge in [-0.15, -0.1) is 11.3 Å². The number of amides is 1. The molecule has 0 unspecified atom stereocenters. The van der Waals surface area contributed by atoms with Gasteiger partial charge in [-0.2, -0.15) is 4.31 Å². The van der Waals surface area contributed by atoms with E-state index in [1.165, 1.54) is 46.8 Å². The Bertz CT molecular complexity index is 1450. The van der Waals surface area contributed by atoms with Crippen molar-refractivity contribution in [3.05, 3.63) is 72.0 Å². The average molecular weight is 496 g/mol. The molecule has 0 aliphatic carbocycles. The van der Waals surface area contributed by atoms with Crippen molar-refractivity contribution in [2.45, 2.75) is 11.8 Å². The molecule has 0 bridgehead atoms. The van der Waals surface area contributed by atoms with Crippen LogP contribution in [0.3, 0.4) is 0 Å². The highest BCUT2D eigenvalue weighted by molar-refractivity contribution is 7.89. The lowest BCUT2D eigenvalue weighted by atomic mass is 10.2. The number of hydrogen-bond donors (Lipinski definition) is 0. The van der Waals surface area contributed by atoms with Crippen LogP contribution in [0.1, 0.15) is 27.8 Å². The number of rotatable bonds is 5. The van der Waals surface area contributed by atoms with E-state index in [0.717, 1.165) is 10.2 Å². The van der Waals surface area contributed by atoms with Crippen LogP contribution in [0.25, 0.3) is 21.0 Å². The molecular weight excluding hydrogens is 474 g/mol. The van der Waals surface area contributed by atoms with Crippen LogP contribution in [0.15, 0.2) is 70.0 Å². The number of para-hydroxylation sites is 1. The number of benzene rings is 2. The number of furan rings is 1. The summed E-state index contributed by atoms with van der Waals surface area (Å²) in [6.45, 7) is 2.28. The van der Waals surface area contributed by atoms with Crippen molar-refractivity contribution in [1.29, 1.82) is 0 Å². The molecule has 3 heterocycles. The molecule has 0 atom stereocenters. The third-order valence-electron chi connectivity index (χ3n) is 5.75. The Morgan fingerprint density at radius 1 is 0.941 bits per heavy atom. The van der Waals surface area contributed by atoms with Gasteiger partial charge in [0.2, 0.25) is 10.0 Å². The minimum absolute atomic E-state index is 0.125. The standard InChI is InChI=1S/C24H21N3O5S2/c1-16(28)17-6-8-18(9-7-17)34(30,31)27-14-12-26(13-15-27)24(29)21-11-10-20(32-21)23-25-19-4-2-3-5-22(19)33-23/h2-11H,12-15H2,1H3. The summed E-state index contributed by atoms with van der Waals surface area (Å²) in [5, 5.41) is 0.701. The van der Waals surface area contributed by atoms with E-state index in [1.54, 1.807) is 17.0 Å². The van der Waals surface area contributed by atoms with Crippen molar-refractivity contribution in [1.82, 2.24) is 14.2 Å². The Balaban J connectivity index is 1.26. The van der Waals surface area contributed by atoms with Gasteiger partial charge in [0, 0.05) is 31.7 Å². The molecule has 5 rings (SSSR count). The van der Waals surface area contributed by atoms with Crippen molar-refractivity contribution in [2.75, 3.05) is 26.2 Å². The van der Waals surface area contributed by atoms with Crippen LogP contribution < -0.4 is 0 Å². The molecule has 0 spiro atoms. The molecule has 1 aliphatic rings. The van der Waals surface area contributed by atoms with Gasteiger partial charge in [0.15, 0.2) is 22.3 Å². The summed E-state index contributed by atoms with van der Waals surface area (Å²) in [4.78, 5) is 30.7. The molecule has 4 aromatic rings. The summed E-state index contributed by atoms with van der Waals surface area (Å²) in [5.74, 6) is 0.320.